The van der Waals surface area contributed by atoms with Crippen LogP contribution in [0.5, 0.6) is 0 Å². The van der Waals surface area contributed by atoms with Crippen LogP contribution >= 0.6 is 0 Å². The van der Waals surface area contributed by atoms with Crippen molar-refractivity contribution in [2.45, 2.75) is 38.7 Å². The molecule has 1 aliphatic heterocycles. The number of aliphatic carboxylic acids is 1. The van der Waals surface area contributed by atoms with E-state index in [0.717, 1.165) is 16.6 Å². The molecule has 2 N–H and O–H groups in total. The van der Waals surface area contributed by atoms with Gasteiger partial charge in [0.15, 0.2) is 0 Å². The first-order valence-corrected chi connectivity index (χ1v) is 7.64. The molecule has 1 atom stereocenters. The van der Waals surface area contributed by atoms with Crippen molar-refractivity contribution in [3.63, 3.8) is 0 Å². The quantitative estimate of drug-likeness (QED) is 0.854. The predicted molar refractivity (Wildman–Crippen MR) is 84.7 cm³/mol. The van der Waals surface area contributed by atoms with Gasteiger partial charge in [0.05, 0.1) is 29.8 Å². The highest BCUT2D eigenvalue weighted by atomic mass is 19.1. The number of benzene rings is 1. The van der Waals surface area contributed by atoms with E-state index in [1.807, 2.05) is 6.92 Å². The van der Waals surface area contributed by atoms with Crippen molar-refractivity contribution in [1.82, 2.24) is 4.98 Å². The van der Waals surface area contributed by atoms with Crippen LogP contribution in [-0.4, -0.2) is 22.7 Å². The minimum Gasteiger partial charge on any atom is -0.481 e. The first-order chi connectivity index (χ1) is 11.0. The van der Waals surface area contributed by atoms with Gasteiger partial charge in [0.2, 0.25) is 0 Å². The normalized spacial score (nSPS) is 20.0. The Bertz CT molecular complexity index is 843. The SMILES string of the molecule is CC#Cc1c(F)ccc2c3c([nH]c12)C(CC)(CC(=O)O)OCC3. The molecule has 1 aromatic heterocycles. The summed E-state index contributed by atoms with van der Waals surface area (Å²) in [6.07, 6.45) is 1.07. The second-order valence-corrected chi connectivity index (χ2v) is 5.72. The molecule has 1 aromatic carbocycles. The van der Waals surface area contributed by atoms with E-state index in [0.29, 0.717) is 30.5 Å². The van der Waals surface area contributed by atoms with E-state index in [9.17, 15) is 14.3 Å². The Hall–Kier alpha value is -2.32. The number of hydrogen-bond donors (Lipinski definition) is 2. The van der Waals surface area contributed by atoms with Crippen molar-refractivity contribution in [1.29, 1.82) is 0 Å². The molecule has 0 saturated heterocycles. The van der Waals surface area contributed by atoms with Crippen LogP contribution in [-0.2, 0) is 21.6 Å². The summed E-state index contributed by atoms with van der Waals surface area (Å²) in [5, 5.41) is 10.2. The molecule has 2 aromatic rings. The van der Waals surface area contributed by atoms with Crippen molar-refractivity contribution in [3.8, 4) is 11.8 Å². The number of fused-ring (bicyclic) bond motifs is 3. The third kappa shape index (κ3) is 2.40. The van der Waals surface area contributed by atoms with E-state index in [2.05, 4.69) is 16.8 Å². The van der Waals surface area contributed by atoms with Crippen LogP contribution in [0.1, 0.15) is 43.5 Å². The lowest BCUT2D eigenvalue weighted by Gasteiger charge is -2.35. The second kappa shape index (κ2) is 5.71. The number of carboxylic acids is 1. The molecule has 1 aliphatic rings. The lowest BCUT2D eigenvalue weighted by Crippen LogP contribution is -2.37. The number of hydrogen-bond acceptors (Lipinski definition) is 2. The Balaban J connectivity index is 2.30. The molecule has 4 nitrogen and oxygen atoms in total. The highest BCUT2D eigenvalue weighted by molar-refractivity contribution is 5.90. The van der Waals surface area contributed by atoms with Crippen LogP contribution in [0.25, 0.3) is 10.9 Å². The fourth-order valence-electron chi connectivity index (χ4n) is 3.40. The van der Waals surface area contributed by atoms with Gasteiger partial charge in [-0.25, -0.2) is 4.39 Å². The second-order valence-electron chi connectivity index (χ2n) is 5.72. The molecule has 120 valence electrons. The van der Waals surface area contributed by atoms with E-state index < -0.39 is 11.6 Å². The zero-order valence-corrected chi connectivity index (χ0v) is 13.1. The number of carbonyl (C=O) groups is 1. The molecular weight excluding hydrogens is 297 g/mol. The Morgan fingerprint density at radius 3 is 2.96 bits per heavy atom. The van der Waals surface area contributed by atoms with Crippen molar-refractivity contribution < 1.29 is 19.0 Å². The average molecular weight is 315 g/mol. The van der Waals surface area contributed by atoms with Gasteiger partial charge >= 0.3 is 5.97 Å². The number of nitrogens with one attached hydrogen (secondary N) is 1. The van der Waals surface area contributed by atoms with Gasteiger partial charge in [-0.05, 0) is 37.5 Å². The Morgan fingerprint density at radius 2 is 2.30 bits per heavy atom. The first-order valence-electron chi connectivity index (χ1n) is 7.64. The minimum atomic E-state index is -0.918. The summed E-state index contributed by atoms with van der Waals surface area (Å²) in [7, 11) is 0. The van der Waals surface area contributed by atoms with Gasteiger partial charge in [-0.2, -0.15) is 0 Å². The third-order valence-electron chi connectivity index (χ3n) is 4.48. The van der Waals surface area contributed by atoms with Crippen molar-refractivity contribution >= 4 is 16.9 Å². The molecule has 5 heteroatoms. The third-order valence-corrected chi connectivity index (χ3v) is 4.48. The Morgan fingerprint density at radius 1 is 1.52 bits per heavy atom. The number of carboxylic acid groups (broad SMARTS) is 1. The van der Waals surface area contributed by atoms with Crippen LogP contribution in [0.2, 0.25) is 0 Å². The van der Waals surface area contributed by atoms with Crippen LogP contribution in [0.3, 0.4) is 0 Å². The molecule has 3 rings (SSSR count). The molecule has 0 radical (unpaired) electrons. The topological polar surface area (TPSA) is 62.3 Å². The van der Waals surface area contributed by atoms with Crippen LogP contribution in [0.15, 0.2) is 12.1 Å². The molecule has 2 heterocycles. The predicted octanol–water partition coefficient (Wildman–Crippen LogP) is 3.33. The van der Waals surface area contributed by atoms with Gasteiger partial charge in [-0.3, -0.25) is 4.79 Å². The van der Waals surface area contributed by atoms with Gasteiger partial charge in [0.1, 0.15) is 11.4 Å². The maximum Gasteiger partial charge on any atom is 0.306 e. The first kappa shape index (κ1) is 15.6. The molecule has 1 unspecified atom stereocenters. The number of H-pyrrole nitrogens is 1. The fourth-order valence-corrected chi connectivity index (χ4v) is 3.40. The summed E-state index contributed by atoms with van der Waals surface area (Å²) < 4.78 is 20.0. The summed E-state index contributed by atoms with van der Waals surface area (Å²) in [5.74, 6) is 4.23. The lowest BCUT2D eigenvalue weighted by atomic mass is 9.86. The van der Waals surface area contributed by atoms with Gasteiger partial charge in [0.25, 0.3) is 0 Å². The number of aromatic amines is 1. The number of ether oxygens (including phenoxy) is 1. The van der Waals surface area contributed by atoms with E-state index in [1.165, 1.54) is 6.07 Å². The average Bonchev–Trinajstić information content (AvgIpc) is 2.90. The van der Waals surface area contributed by atoms with E-state index in [1.54, 1.807) is 13.0 Å². The highest BCUT2D eigenvalue weighted by Gasteiger charge is 2.41. The molecule has 23 heavy (non-hydrogen) atoms. The Kier molecular flexibility index (Phi) is 3.87. The van der Waals surface area contributed by atoms with Crippen LogP contribution < -0.4 is 0 Å². The van der Waals surface area contributed by atoms with Crippen molar-refractivity contribution in [3.05, 3.63) is 34.8 Å². The summed E-state index contributed by atoms with van der Waals surface area (Å²) >= 11 is 0. The number of aromatic nitrogens is 1. The summed E-state index contributed by atoms with van der Waals surface area (Å²) in [4.78, 5) is 14.5. The molecular formula is C18H18FNO3. The smallest absolute Gasteiger partial charge is 0.306 e. The number of halogens is 1. The van der Waals surface area contributed by atoms with Crippen LogP contribution in [0.4, 0.5) is 4.39 Å². The zero-order chi connectivity index (χ0) is 16.6. The maximum absolute atomic E-state index is 14.1. The van der Waals surface area contributed by atoms with E-state index in [-0.39, 0.29) is 12.2 Å². The van der Waals surface area contributed by atoms with Gasteiger partial charge < -0.3 is 14.8 Å². The summed E-state index contributed by atoms with van der Waals surface area (Å²) in [6.45, 7) is 4.01. The molecule has 0 saturated carbocycles. The van der Waals surface area contributed by atoms with E-state index >= 15 is 0 Å². The summed E-state index contributed by atoms with van der Waals surface area (Å²) in [6, 6.07) is 3.14. The van der Waals surface area contributed by atoms with Crippen molar-refractivity contribution in [2.24, 2.45) is 0 Å². The molecule has 0 bridgehead atoms. The maximum atomic E-state index is 14.1. The molecule has 0 aliphatic carbocycles. The van der Waals surface area contributed by atoms with Crippen LogP contribution in [0, 0.1) is 17.7 Å². The largest absolute Gasteiger partial charge is 0.481 e. The van der Waals surface area contributed by atoms with Gasteiger partial charge in [0, 0.05) is 5.39 Å². The molecule has 0 amide bonds. The molecule has 0 spiro atoms. The molecule has 0 fully saturated rings. The zero-order valence-electron chi connectivity index (χ0n) is 13.1. The van der Waals surface area contributed by atoms with Gasteiger partial charge in [-0.1, -0.05) is 12.8 Å². The Labute approximate surface area is 133 Å². The monoisotopic (exact) mass is 315 g/mol. The van der Waals surface area contributed by atoms with Gasteiger partial charge in [-0.15, -0.1) is 5.92 Å². The lowest BCUT2D eigenvalue weighted by molar-refractivity contribution is -0.148. The number of rotatable bonds is 3. The fraction of sp³-hybridized carbons (Fsp3) is 0.389. The van der Waals surface area contributed by atoms with E-state index in [4.69, 9.17) is 4.74 Å². The standard InChI is InChI=1S/C18H18FNO3/c1-3-5-13-14(19)7-6-11-12-8-9-23-18(4-2,10-15(21)22)17(12)20-16(11)13/h6-7,20H,4,8-10H2,1-2H3,(H,21,22). The van der Waals surface area contributed by atoms with Crippen molar-refractivity contribution in [2.75, 3.05) is 6.61 Å². The summed E-state index contributed by atoms with van der Waals surface area (Å²) in [5.41, 5.74) is 1.80. The highest BCUT2D eigenvalue weighted by Crippen LogP contribution is 2.42. The minimum absolute atomic E-state index is 0.124.